The first-order valence-electron chi connectivity index (χ1n) is 7.90. The summed E-state index contributed by atoms with van der Waals surface area (Å²) in [5.41, 5.74) is 0. The second kappa shape index (κ2) is 11.1. The molecule has 6 heteroatoms. The van der Waals surface area contributed by atoms with Gasteiger partial charge in [-0.2, -0.15) is 0 Å². The molecule has 0 radical (unpaired) electrons. The lowest BCUT2D eigenvalue weighted by atomic mass is 10.0. The number of likely N-dealkylation sites (tertiary alicyclic amines) is 1. The molecule has 1 rings (SSSR count). The highest BCUT2D eigenvalue weighted by Gasteiger charge is 2.28. The minimum atomic E-state index is 0.00458. The van der Waals surface area contributed by atoms with Gasteiger partial charge in [-0.1, -0.05) is 19.9 Å². The van der Waals surface area contributed by atoms with E-state index in [1.54, 1.807) is 11.0 Å². The van der Waals surface area contributed by atoms with Crippen molar-refractivity contribution < 1.29 is 14.4 Å². The predicted molar refractivity (Wildman–Crippen MR) is 92.2 cm³/mol. The number of carbonyl (C=O) groups excluding carboxylic acids is 3. The van der Waals surface area contributed by atoms with Crippen LogP contribution in [0.25, 0.3) is 0 Å². The molecular weight excluding hydrogens is 294 g/mol. The van der Waals surface area contributed by atoms with Gasteiger partial charge in [0.15, 0.2) is 0 Å². The SMILES string of the molecule is CC(C)C(C=O)N(C)C.CN(C)C/C=C/C(=O)N1CC(C=O)C1. The molecule has 1 atom stereocenters. The highest BCUT2D eigenvalue weighted by atomic mass is 16.2. The van der Waals surface area contributed by atoms with Crippen LogP contribution in [0.4, 0.5) is 0 Å². The van der Waals surface area contributed by atoms with Crippen molar-refractivity contribution in [2.24, 2.45) is 11.8 Å². The number of amides is 1. The highest BCUT2D eigenvalue weighted by molar-refractivity contribution is 5.88. The van der Waals surface area contributed by atoms with Gasteiger partial charge in [0.05, 0.1) is 6.04 Å². The zero-order chi connectivity index (χ0) is 18.0. The summed E-state index contributed by atoms with van der Waals surface area (Å²) in [4.78, 5) is 37.6. The van der Waals surface area contributed by atoms with Crippen LogP contribution < -0.4 is 0 Å². The van der Waals surface area contributed by atoms with E-state index < -0.39 is 0 Å². The number of likely N-dealkylation sites (N-methyl/N-ethyl adjacent to an activating group) is 2. The van der Waals surface area contributed by atoms with E-state index in [1.165, 1.54) is 0 Å². The molecule has 23 heavy (non-hydrogen) atoms. The smallest absolute Gasteiger partial charge is 0.246 e. The molecule has 1 amide bonds. The first-order valence-corrected chi connectivity index (χ1v) is 7.90. The molecule has 6 nitrogen and oxygen atoms in total. The normalized spacial score (nSPS) is 16.3. The lowest BCUT2D eigenvalue weighted by Crippen LogP contribution is -2.50. The summed E-state index contributed by atoms with van der Waals surface area (Å²) in [5.74, 6) is 0.476. The maximum absolute atomic E-state index is 11.4. The van der Waals surface area contributed by atoms with Crippen LogP contribution in [0.2, 0.25) is 0 Å². The summed E-state index contributed by atoms with van der Waals surface area (Å²) in [7, 11) is 7.72. The monoisotopic (exact) mass is 325 g/mol. The molecule has 1 heterocycles. The Morgan fingerprint density at radius 1 is 1.17 bits per heavy atom. The van der Waals surface area contributed by atoms with E-state index in [2.05, 4.69) is 0 Å². The third-order valence-electron chi connectivity index (χ3n) is 3.56. The van der Waals surface area contributed by atoms with Crippen molar-refractivity contribution in [3.8, 4) is 0 Å². The molecule has 0 aliphatic carbocycles. The van der Waals surface area contributed by atoms with Gasteiger partial charge in [-0.25, -0.2) is 0 Å². The molecular formula is C17H31N3O3. The second-order valence-corrected chi connectivity index (χ2v) is 6.64. The average Bonchev–Trinajstić information content (AvgIpc) is 2.37. The molecule has 1 saturated heterocycles. The van der Waals surface area contributed by atoms with Gasteiger partial charge in [-0.3, -0.25) is 9.69 Å². The van der Waals surface area contributed by atoms with Crippen LogP contribution >= 0.6 is 0 Å². The fraction of sp³-hybridized carbons (Fsp3) is 0.706. The van der Waals surface area contributed by atoms with E-state index in [0.29, 0.717) is 19.0 Å². The van der Waals surface area contributed by atoms with E-state index in [4.69, 9.17) is 0 Å². The Morgan fingerprint density at radius 3 is 2.04 bits per heavy atom. The predicted octanol–water partition coefficient (Wildman–Crippen LogP) is 0.533. The number of hydrogen-bond donors (Lipinski definition) is 0. The quantitative estimate of drug-likeness (QED) is 0.505. The van der Waals surface area contributed by atoms with E-state index >= 15 is 0 Å². The number of nitrogens with zero attached hydrogens (tertiary/aromatic N) is 3. The zero-order valence-electron chi connectivity index (χ0n) is 15.2. The topological polar surface area (TPSA) is 60.9 Å². The number of aldehydes is 2. The van der Waals surface area contributed by atoms with Crippen molar-refractivity contribution in [3.63, 3.8) is 0 Å². The van der Waals surface area contributed by atoms with Crippen molar-refractivity contribution in [2.75, 3.05) is 47.8 Å². The van der Waals surface area contributed by atoms with E-state index in [9.17, 15) is 14.4 Å². The largest absolute Gasteiger partial charge is 0.338 e. The molecule has 1 unspecified atom stereocenters. The standard InChI is InChI=1S/C10H16N2O2.C7H15NO/c1-11(2)5-3-4-10(14)12-6-9(7-12)8-13;1-6(2)7(5-9)8(3)4/h3-4,8-9H,5-7H2,1-2H3;5-7H,1-4H3/b4-3+;. The van der Waals surface area contributed by atoms with Crippen LogP contribution in [-0.4, -0.2) is 87.0 Å². The summed E-state index contributed by atoms with van der Waals surface area (Å²) in [6.45, 7) is 6.00. The number of rotatable bonds is 7. The maximum atomic E-state index is 11.4. The third-order valence-corrected chi connectivity index (χ3v) is 3.56. The van der Waals surface area contributed by atoms with Crippen LogP contribution in [0.3, 0.4) is 0 Å². The van der Waals surface area contributed by atoms with E-state index in [1.807, 2.05) is 57.9 Å². The Balaban J connectivity index is 0.000000468. The van der Waals surface area contributed by atoms with Crippen LogP contribution in [0, 0.1) is 11.8 Å². The van der Waals surface area contributed by atoms with Gasteiger partial charge >= 0.3 is 0 Å². The summed E-state index contributed by atoms with van der Waals surface area (Å²) < 4.78 is 0. The minimum absolute atomic E-state index is 0.00458. The van der Waals surface area contributed by atoms with Gasteiger partial charge < -0.3 is 19.4 Å². The Hall–Kier alpha value is -1.53. The van der Waals surface area contributed by atoms with Crippen LogP contribution in [-0.2, 0) is 14.4 Å². The first-order chi connectivity index (χ1) is 10.7. The lowest BCUT2D eigenvalue weighted by Gasteiger charge is -2.35. The Kier molecular flexibility index (Phi) is 10.3. The highest BCUT2D eigenvalue weighted by Crippen LogP contribution is 2.12. The van der Waals surface area contributed by atoms with Crippen molar-refractivity contribution in [1.82, 2.24) is 14.7 Å². The van der Waals surface area contributed by atoms with Crippen molar-refractivity contribution >= 4 is 18.5 Å². The lowest BCUT2D eigenvalue weighted by molar-refractivity contribution is -0.134. The molecule has 1 aliphatic heterocycles. The van der Waals surface area contributed by atoms with Gasteiger partial charge in [0.1, 0.15) is 12.6 Å². The van der Waals surface area contributed by atoms with E-state index in [-0.39, 0.29) is 17.9 Å². The van der Waals surface area contributed by atoms with Gasteiger partial charge in [-0.05, 0) is 34.1 Å². The van der Waals surface area contributed by atoms with Crippen LogP contribution in [0.5, 0.6) is 0 Å². The van der Waals surface area contributed by atoms with Crippen molar-refractivity contribution in [3.05, 3.63) is 12.2 Å². The minimum Gasteiger partial charge on any atom is -0.338 e. The molecule has 1 aliphatic rings. The first kappa shape index (κ1) is 21.5. The molecule has 0 aromatic carbocycles. The molecule has 0 aromatic rings. The maximum Gasteiger partial charge on any atom is 0.246 e. The number of carbonyl (C=O) groups is 3. The van der Waals surface area contributed by atoms with E-state index in [0.717, 1.165) is 19.1 Å². The van der Waals surface area contributed by atoms with Gasteiger partial charge in [0.25, 0.3) is 0 Å². The molecule has 1 fully saturated rings. The molecule has 0 spiro atoms. The summed E-state index contributed by atoms with van der Waals surface area (Å²) in [6.07, 6.45) is 5.30. The Morgan fingerprint density at radius 2 is 1.74 bits per heavy atom. The van der Waals surface area contributed by atoms with Gasteiger partial charge in [0.2, 0.25) is 5.91 Å². The van der Waals surface area contributed by atoms with Crippen molar-refractivity contribution in [1.29, 1.82) is 0 Å². The fourth-order valence-corrected chi connectivity index (χ4v) is 2.12. The summed E-state index contributed by atoms with van der Waals surface area (Å²) in [6, 6.07) is 0.0741. The fourth-order valence-electron chi connectivity index (χ4n) is 2.12. The van der Waals surface area contributed by atoms with Crippen molar-refractivity contribution in [2.45, 2.75) is 19.9 Å². The van der Waals surface area contributed by atoms with Gasteiger partial charge in [-0.15, -0.1) is 0 Å². The molecule has 0 aromatic heterocycles. The van der Waals surface area contributed by atoms with Gasteiger partial charge in [0, 0.05) is 31.6 Å². The Labute approximate surface area is 140 Å². The van der Waals surface area contributed by atoms with Crippen LogP contribution in [0.15, 0.2) is 12.2 Å². The number of hydrogen-bond acceptors (Lipinski definition) is 5. The second-order valence-electron chi connectivity index (χ2n) is 6.64. The molecule has 132 valence electrons. The zero-order valence-corrected chi connectivity index (χ0v) is 15.2. The molecule has 0 bridgehead atoms. The average molecular weight is 325 g/mol. The Bertz CT molecular complexity index is 392. The molecule has 0 N–H and O–H groups in total. The summed E-state index contributed by atoms with van der Waals surface area (Å²) >= 11 is 0. The van der Waals surface area contributed by atoms with Crippen LogP contribution in [0.1, 0.15) is 13.8 Å². The summed E-state index contributed by atoms with van der Waals surface area (Å²) in [5, 5.41) is 0. The third kappa shape index (κ3) is 8.62. The molecule has 0 saturated carbocycles.